The van der Waals surface area contributed by atoms with E-state index in [2.05, 4.69) is 4.98 Å². The molecule has 0 saturated carbocycles. The smallest absolute Gasteiger partial charge is 0.416 e. The van der Waals surface area contributed by atoms with Gasteiger partial charge in [-0.25, -0.2) is 14.2 Å². The maximum Gasteiger partial charge on any atom is 0.416 e. The van der Waals surface area contributed by atoms with Crippen molar-refractivity contribution in [3.05, 3.63) is 82.6 Å². The van der Waals surface area contributed by atoms with Crippen LogP contribution in [0.2, 0.25) is 0 Å². The number of hydrogen-bond acceptors (Lipinski definition) is 5. The first kappa shape index (κ1) is 23.1. The molecule has 0 aliphatic rings. The third kappa shape index (κ3) is 5.79. The Labute approximate surface area is 184 Å². The molecular weight excluding hydrogens is 448 g/mol. The first-order valence-corrected chi connectivity index (χ1v) is 10.0. The van der Waals surface area contributed by atoms with E-state index in [0.29, 0.717) is 5.69 Å². The van der Waals surface area contributed by atoms with Crippen LogP contribution in [-0.2, 0) is 27.1 Å². The summed E-state index contributed by atoms with van der Waals surface area (Å²) >= 11 is 1.01. The highest BCUT2D eigenvalue weighted by molar-refractivity contribution is 7.14. The molecule has 5 nitrogen and oxygen atoms in total. The van der Waals surface area contributed by atoms with E-state index < -0.39 is 29.4 Å². The average Bonchev–Trinajstić information content (AvgIpc) is 3.19. The summed E-state index contributed by atoms with van der Waals surface area (Å²) in [5, 5.41) is 1.65. The predicted molar refractivity (Wildman–Crippen MR) is 112 cm³/mol. The number of carbonyl (C=O) groups is 2. The molecule has 1 aromatic heterocycles. The minimum absolute atomic E-state index is 0.0121. The number of ether oxygens (including phenoxy) is 1. The van der Waals surface area contributed by atoms with Crippen molar-refractivity contribution in [3.8, 4) is 0 Å². The lowest BCUT2D eigenvalue weighted by Gasteiger charge is -2.19. The second-order valence-corrected chi connectivity index (χ2v) is 7.32. The molecule has 2 aromatic carbocycles. The summed E-state index contributed by atoms with van der Waals surface area (Å²) < 4.78 is 57.7. The van der Waals surface area contributed by atoms with Crippen LogP contribution < -0.4 is 4.90 Å². The highest BCUT2D eigenvalue weighted by atomic mass is 32.1. The van der Waals surface area contributed by atoms with Gasteiger partial charge in [-0.05, 0) is 30.3 Å². The maximum atomic E-state index is 13.6. The monoisotopic (exact) mass is 464 g/mol. The number of nitrogens with zero attached hydrogens (tertiary/aromatic N) is 2. The Kier molecular flexibility index (Phi) is 7.04. The summed E-state index contributed by atoms with van der Waals surface area (Å²) in [6, 6.07) is 10.2. The molecule has 3 aromatic rings. The number of anilines is 2. The van der Waals surface area contributed by atoms with Gasteiger partial charge in [0, 0.05) is 23.9 Å². The van der Waals surface area contributed by atoms with Crippen molar-refractivity contribution in [1.82, 2.24) is 4.98 Å². The topological polar surface area (TPSA) is 59.5 Å². The lowest BCUT2D eigenvalue weighted by molar-refractivity contribution is -0.139. The molecule has 0 N–H and O–H groups in total. The number of alkyl halides is 3. The molecule has 0 saturated heterocycles. The molecule has 0 aliphatic carbocycles. The second kappa shape index (κ2) is 9.73. The highest BCUT2D eigenvalue weighted by Crippen LogP contribution is 2.35. The lowest BCUT2D eigenvalue weighted by atomic mass is 10.2. The molecule has 1 amide bonds. The minimum Gasteiger partial charge on any atom is -0.456 e. The van der Waals surface area contributed by atoms with Crippen LogP contribution in [-0.4, -0.2) is 16.9 Å². The lowest BCUT2D eigenvalue weighted by Crippen LogP contribution is -2.23. The Bertz CT molecular complexity index is 1160. The number of benzene rings is 2. The van der Waals surface area contributed by atoms with Crippen LogP contribution in [0.3, 0.4) is 0 Å². The van der Waals surface area contributed by atoms with Crippen molar-refractivity contribution in [2.45, 2.75) is 19.7 Å². The van der Waals surface area contributed by atoms with Crippen LogP contribution >= 0.6 is 11.3 Å². The van der Waals surface area contributed by atoms with E-state index in [4.69, 9.17) is 4.74 Å². The molecule has 1 heterocycles. The molecule has 0 aliphatic heterocycles. The Balaban J connectivity index is 1.70. The average molecular weight is 464 g/mol. The van der Waals surface area contributed by atoms with Gasteiger partial charge >= 0.3 is 12.1 Å². The Hall–Kier alpha value is -3.53. The van der Waals surface area contributed by atoms with Crippen molar-refractivity contribution < 1.29 is 31.9 Å². The number of thiazole rings is 1. The van der Waals surface area contributed by atoms with Crippen LogP contribution in [0.4, 0.5) is 28.4 Å². The van der Waals surface area contributed by atoms with Gasteiger partial charge in [0.15, 0.2) is 5.13 Å². The second-order valence-electron chi connectivity index (χ2n) is 6.49. The standard InChI is InChI=1S/C22H16F4N2O3S/c1-14(29)28(18-7-4-6-16(11-18)22(24,25)26)21-27-17(13-32-21)12-31-20(30)10-9-15-5-2-3-8-19(15)23/h2-11,13H,12H2,1H3/b10-9+. The molecule has 0 atom stereocenters. The summed E-state index contributed by atoms with van der Waals surface area (Å²) in [7, 11) is 0. The SMILES string of the molecule is CC(=O)N(c1cccc(C(F)(F)F)c1)c1nc(COC(=O)/C=C/c2ccccc2F)cs1. The fraction of sp³-hybridized carbons (Fsp3) is 0.136. The maximum absolute atomic E-state index is 13.6. The molecule has 32 heavy (non-hydrogen) atoms. The van der Waals surface area contributed by atoms with Gasteiger partial charge in [-0.15, -0.1) is 11.3 Å². The van der Waals surface area contributed by atoms with Gasteiger partial charge in [-0.1, -0.05) is 24.3 Å². The Morgan fingerprint density at radius 2 is 1.91 bits per heavy atom. The van der Waals surface area contributed by atoms with Gasteiger partial charge in [0.1, 0.15) is 12.4 Å². The highest BCUT2D eigenvalue weighted by Gasteiger charge is 2.31. The van der Waals surface area contributed by atoms with Crippen molar-refractivity contribution in [2.24, 2.45) is 0 Å². The molecule has 10 heteroatoms. The summed E-state index contributed by atoms with van der Waals surface area (Å²) in [6.45, 7) is 0.972. The number of aromatic nitrogens is 1. The van der Waals surface area contributed by atoms with Gasteiger partial charge < -0.3 is 4.74 Å². The van der Waals surface area contributed by atoms with E-state index in [1.165, 1.54) is 48.7 Å². The van der Waals surface area contributed by atoms with Crippen LogP contribution in [0, 0.1) is 5.82 Å². The minimum atomic E-state index is -4.56. The Morgan fingerprint density at radius 3 is 2.59 bits per heavy atom. The van der Waals surface area contributed by atoms with E-state index in [1.807, 2.05) is 0 Å². The summed E-state index contributed by atoms with van der Waals surface area (Å²) in [6.07, 6.45) is -2.22. The van der Waals surface area contributed by atoms with Crippen molar-refractivity contribution in [3.63, 3.8) is 0 Å². The van der Waals surface area contributed by atoms with Gasteiger partial charge in [-0.2, -0.15) is 13.2 Å². The number of rotatable bonds is 6. The Morgan fingerprint density at radius 1 is 1.16 bits per heavy atom. The third-order valence-electron chi connectivity index (χ3n) is 4.14. The van der Waals surface area contributed by atoms with Gasteiger partial charge in [0.05, 0.1) is 16.9 Å². The zero-order valence-electron chi connectivity index (χ0n) is 16.6. The van der Waals surface area contributed by atoms with Gasteiger partial charge in [0.25, 0.3) is 0 Å². The van der Waals surface area contributed by atoms with Crippen LogP contribution in [0.5, 0.6) is 0 Å². The number of esters is 1. The zero-order valence-corrected chi connectivity index (χ0v) is 17.4. The molecule has 0 fully saturated rings. The van der Waals surface area contributed by atoms with E-state index in [-0.39, 0.29) is 23.0 Å². The number of halogens is 4. The summed E-state index contributed by atoms with van der Waals surface area (Å²) in [5.74, 6) is -1.75. The molecule has 3 rings (SSSR count). The third-order valence-corrected chi connectivity index (χ3v) is 5.02. The normalized spacial score (nSPS) is 11.5. The molecule has 166 valence electrons. The molecule has 0 bridgehead atoms. The summed E-state index contributed by atoms with van der Waals surface area (Å²) in [4.78, 5) is 29.2. The van der Waals surface area contributed by atoms with E-state index >= 15 is 0 Å². The van der Waals surface area contributed by atoms with E-state index in [9.17, 15) is 27.2 Å². The van der Waals surface area contributed by atoms with Crippen LogP contribution in [0.25, 0.3) is 6.08 Å². The summed E-state index contributed by atoms with van der Waals surface area (Å²) in [5.41, 5.74) is -0.360. The van der Waals surface area contributed by atoms with E-state index in [1.54, 1.807) is 6.07 Å². The molecule has 0 spiro atoms. The van der Waals surface area contributed by atoms with Crippen LogP contribution in [0.15, 0.2) is 60.0 Å². The van der Waals surface area contributed by atoms with Crippen molar-refractivity contribution >= 4 is 40.1 Å². The first-order valence-electron chi connectivity index (χ1n) is 9.17. The quantitative estimate of drug-likeness (QED) is 0.265. The van der Waals surface area contributed by atoms with Crippen molar-refractivity contribution in [1.29, 1.82) is 0 Å². The van der Waals surface area contributed by atoms with Gasteiger partial charge in [0.2, 0.25) is 5.91 Å². The molecular formula is C22H16F4N2O3S. The van der Waals surface area contributed by atoms with Crippen molar-refractivity contribution in [2.75, 3.05) is 4.90 Å². The zero-order chi connectivity index (χ0) is 23.3. The number of hydrogen-bond donors (Lipinski definition) is 0. The first-order chi connectivity index (χ1) is 15.1. The largest absolute Gasteiger partial charge is 0.456 e. The fourth-order valence-electron chi connectivity index (χ4n) is 2.67. The van der Waals surface area contributed by atoms with Crippen LogP contribution in [0.1, 0.15) is 23.7 Å². The predicted octanol–water partition coefficient (Wildman–Crippen LogP) is 5.74. The van der Waals surface area contributed by atoms with Gasteiger partial charge in [-0.3, -0.25) is 9.69 Å². The molecule has 0 unspecified atom stereocenters. The molecule has 0 radical (unpaired) electrons. The number of carbonyl (C=O) groups excluding carboxylic acids is 2. The van der Waals surface area contributed by atoms with E-state index in [0.717, 1.165) is 34.4 Å². The fourth-order valence-corrected chi connectivity index (χ4v) is 3.55. The number of amides is 1.